The molecule has 0 radical (unpaired) electrons. The van der Waals surface area contributed by atoms with Gasteiger partial charge in [-0.15, -0.1) is 0 Å². The van der Waals surface area contributed by atoms with Crippen LogP contribution >= 0.6 is 15.6 Å². The Morgan fingerprint density at radius 3 is 0.710 bits per heavy atom. The highest BCUT2D eigenvalue weighted by atomic mass is 31.2. The van der Waals surface area contributed by atoms with Gasteiger partial charge < -0.3 is 33.8 Å². The average molecular weight is 1470 g/mol. The van der Waals surface area contributed by atoms with E-state index >= 15 is 0 Å². The summed E-state index contributed by atoms with van der Waals surface area (Å²) in [6.45, 7) is 14.2. The summed E-state index contributed by atoms with van der Waals surface area (Å²) < 4.78 is 68.7. The van der Waals surface area contributed by atoms with E-state index in [4.69, 9.17) is 37.0 Å². The maximum absolute atomic E-state index is 13.1. The number of ether oxygens (including phenoxy) is 4. The van der Waals surface area contributed by atoms with Crippen LogP contribution in [0, 0.1) is 23.7 Å². The molecule has 594 valence electrons. The topological polar surface area (TPSA) is 237 Å². The molecule has 0 fully saturated rings. The molecule has 0 aliphatic heterocycles. The summed E-state index contributed by atoms with van der Waals surface area (Å²) in [5.74, 6) is 0.980. The molecule has 0 heterocycles. The summed E-state index contributed by atoms with van der Waals surface area (Å²) in [4.78, 5) is 73.0. The lowest BCUT2D eigenvalue weighted by Crippen LogP contribution is -2.30. The largest absolute Gasteiger partial charge is 0.472 e. The highest BCUT2D eigenvalue weighted by molar-refractivity contribution is 7.47. The van der Waals surface area contributed by atoms with Crippen molar-refractivity contribution >= 4 is 39.5 Å². The van der Waals surface area contributed by atoms with Gasteiger partial charge in [0.1, 0.15) is 19.3 Å². The molecule has 0 saturated heterocycles. The highest BCUT2D eigenvalue weighted by Crippen LogP contribution is 2.45. The maximum atomic E-state index is 13.1. The molecule has 0 aromatic rings. The number of esters is 4. The lowest BCUT2D eigenvalue weighted by Gasteiger charge is -2.21. The van der Waals surface area contributed by atoms with Crippen LogP contribution in [0.2, 0.25) is 0 Å². The lowest BCUT2D eigenvalue weighted by atomic mass is 9.99. The van der Waals surface area contributed by atoms with E-state index in [2.05, 4.69) is 55.4 Å². The third kappa shape index (κ3) is 73.0. The van der Waals surface area contributed by atoms with Gasteiger partial charge in [-0.3, -0.25) is 37.3 Å². The Bertz CT molecular complexity index is 1960. The summed E-state index contributed by atoms with van der Waals surface area (Å²) in [6.07, 6.45) is 57.0. The van der Waals surface area contributed by atoms with Gasteiger partial charge in [0.25, 0.3) is 0 Å². The number of phosphoric ester groups is 2. The zero-order valence-corrected chi connectivity index (χ0v) is 67.6. The SMILES string of the molecule is CCC(C)CCCCCCCCCCC(=O)O[C@H](COC(=O)CCCCCCCCCCCCCCCCCCC(C)C)COP(=O)(O)OCC(O)COP(=O)(O)OC[C@@H](COC(=O)CCCCCCCCCC(C)C)OC(=O)CCCCCCCCCCCCCCCCCCC(C)C. The van der Waals surface area contributed by atoms with Crippen LogP contribution in [-0.4, -0.2) is 96.7 Å². The average Bonchev–Trinajstić information content (AvgIpc) is 0.963. The van der Waals surface area contributed by atoms with Crippen molar-refractivity contribution in [3.8, 4) is 0 Å². The fraction of sp³-hybridized carbons (Fsp3) is 0.951. The Hall–Kier alpha value is -1.94. The van der Waals surface area contributed by atoms with Gasteiger partial charge in [-0.1, -0.05) is 364 Å². The van der Waals surface area contributed by atoms with Crippen LogP contribution in [0.15, 0.2) is 0 Å². The van der Waals surface area contributed by atoms with Crippen LogP contribution in [0.4, 0.5) is 0 Å². The summed E-state index contributed by atoms with van der Waals surface area (Å²) in [7, 11) is -9.92. The molecule has 4 unspecified atom stereocenters. The summed E-state index contributed by atoms with van der Waals surface area (Å²) in [5, 5.41) is 10.6. The zero-order chi connectivity index (χ0) is 73.8. The van der Waals surface area contributed by atoms with Crippen molar-refractivity contribution in [3.05, 3.63) is 0 Å². The van der Waals surface area contributed by atoms with Gasteiger partial charge >= 0.3 is 39.5 Å². The van der Waals surface area contributed by atoms with Crippen molar-refractivity contribution in [1.29, 1.82) is 0 Å². The van der Waals surface area contributed by atoms with E-state index in [0.29, 0.717) is 31.6 Å². The van der Waals surface area contributed by atoms with Gasteiger partial charge in [-0.2, -0.15) is 0 Å². The number of hydrogen-bond donors (Lipinski definition) is 3. The molecule has 100 heavy (non-hydrogen) atoms. The molecule has 6 atom stereocenters. The van der Waals surface area contributed by atoms with Crippen molar-refractivity contribution in [2.45, 2.75) is 433 Å². The van der Waals surface area contributed by atoms with Gasteiger partial charge in [0.05, 0.1) is 26.4 Å². The monoisotopic (exact) mass is 1470 g/mol. The first-order valence-corrected chi connectivity index (χ1v) is 44.7. The Morgan fingerprint density at radius 1 is 0.280 bits per heavy atom. The Labute approximate surface area is 613 Å². The van der Waals surface area contributed by atoms with Crippen molar-refractivity contribution < 1.29 is 80.2 Å². The van der Waals surface area contributed by atoms with Crippen LogP contribution in [0.25, 0.3) is 0 Å². The second-order valence-electron chi connectivity index (χ2n) is 30.8. The molecule has 19 heteroatoms. The van der Waals surface area contributed by atoms with Gasteiger partial charge in [0.15, 0.2) is 12.2 Å². The molecule has 17 nitrogen and oxygen atoms in total. The predicted octanol–water partition coefficient (Wildman–Crippen LogP) is 24.0. The van der Waals surface area contributed by atoms with Gasteiger partial charge in [-0.25, -0.2) is 9.13 Å². The number of carbonyl (C=O) groups is 4. The fourth-order valence-corrected chi connectivity index (χ4v) is 14.0. The molecule has 0 aliphatic carbocycles. The van der Waals surface area contributed by atoms with Crippen LogP contribution in [-0.2, 0) is 65.4 Å². The molecule has 3 N–H and O–H groups in total. The van der Waals surface area contributed by atoms with Crippen LogP contribution in [0.3, 0.4) is 0 Å². The number of rotatable bonds is 78. The summed E-state index contributed by atoms with van der Waals surface area (Å²) in [6, 6.07) is 0. The minimum Gasteiger partial charge on any atom is -0.462 e. The molecule has 0 saturated carbocycles. The van der Waals surface area contributed by atoms with Crippen molar-refractivity contribution in [2.75, 3.05) is 39.6 Å². The van der Waals surface area contributed by atoms with Crippen LogP contribution in [0.5, 0.6) is 0 Å². The molecule has 0 aromatic heterocycles. The van der Waals surface area contributed by atoms with E-state index in [1.165, 1.54) is 212 Å². The maximum Gasteiger partial charge on any atom is 0.472 e. The van der Waals surface area contributed by atoms with Crippen LogP contribution < -0.4 is 0 Å². The molecular weight excluding hydrogens is 1310 g/mol. The lowest BCUT2D eigenvalue weighted by molar-refractivity contribution is -0.161. The minimum atomic E-state index is -4.96. The molecule has 0 spiro atoms. The highest BCUT2D eigenvalue weighted by Gasteiger charge is 2.30. The number of phosphoric acid groups is 2. The summed E-state index contributed by atoms with van der Waals surface area (Å²) in [5.41, 5.74) is 0. The minimum absolute atomic E-state index is 0.105. The Morgan fingerprint density at radius 2 is 0.480 bits per heavy atom. The van der Waals surface area contributed by atoms with E-state index in [9.17, 15) is 43.2 Å². The van der Waals surface area contributed by atoms with E-state index in [0.717, 1.165) is 114 Å². The first kappa shape index (κ1) is 98.1. The van der Waals surface area contributed by atoms with Crippen molar-refractivity contribution in [3.63, 3.8) is 0 Å². The molecule has 0 aliphatic rings. The van der Waals surface area contributed by atoms with E-state index < -0.39 is 97.5 Å². The zero-order valence-electron chi connectivity index (χ0n) is 65.8. The number of aliphatic hydroxyl groups is 1. The van der Waals surface area contributed by atoms with Crippen molar-refractivity contribution in [2.24, 2.45) is 23.7 Å². The molecule has 0 aromatic carbocycles. The van der Waals surface area contributed by atoms with Crippen molar-refractivity contribution in [1.82, 2.24) is 0 Å². The molecule has 0 rings (SSSR count). The number of unbranched alkanes of at least 4 members (excludes halogenated alkanes) is 43. The predicted molar refractivity (Wildman–Crippen MR) is 409 cm³/mol. The summed E-state index contributed by atoms with van der Waals surface area (Å²) >= 11 is 0. The third-order valence-electron chi connectivity index (χ3n) is 19.2. The van der Waals surface area contributed by atoms with E-state index in [-0.39, 0.29) is 25.7 Å². The third-order valence-corrected chi connectivity index (χ3v) is 21.1. The standard InChI is InChI=1S/C81H158O17P2/c1-9-74(8)60-52-44-36-30-31-39-48-56-64-81(86)98-76(67-91-78(83)61-53-45-37-28-24-20-16-12-10-14-18-22-26-33-41-49-57-71(2)3)69-95-99(87,88)93-65-75(82)66-94-100(89,90)96-70-77(68-92-79(84)62-54-46-40-32-35-43-51-59-73(6)7)97-80(85)63-55-47-38-29-25-21-17-13-11-15-19-23-27-34-42-50-58-72(4)5/h71-77,82H,9-70H2,1-8H3,(H,87,88)(H,89,90)/t74?,75?,76-,77-/m1/s1. The van der Waals surface area contributed by atoms with E-state index in [1.54, 1.807) is 0 Å². The number of carbonyl (C=O) groups excluding carboxylic acids is 4. The van der Waals surface area contributed by atoms with E-state index in [1.807, 2.05) is 0 Å². The second kappa shape index (κ2) is 70.1. The normalized spacial score (nSPS) is 14.3. The molecule has 0 amide bonds. The second-order valence-corrected chi connectivity index (χ2v) is 33.7. The molecular formula is C81H158O17P2. The fourth-order valence-electron chi connectivity index (χ4n) is 12.4. The first-order valence-electron chi connectivity index (χ1n) is 41.7. The van der Waals surface area contributed by atoms with Gasteiger partial charge in [-0.05, 0) is 49.4 Å². The number of hydrogen-bond acceptors (Lipinski definition) is 15. The molecule has 0 bridgehead atoms. The quantitative estimate of drug-likeness (QED) is 0.0222. The van der Waals surface area contributed by atoms with Crippen LogP contribution in [0.1, 0.15) is 415 Å². The Balaban J connectivity index is 5.19. The Kier molecular flexibility index (Phi) is 68.7. The van der Waals surface area contributed by atoms with Gasteiger partial charge in [0, 0.05) is 25.7 Å². The number of aliphatic hydroxyl groups excluding tert-OH is 1. The smallest absolute Gasteiger partial charge is 0.462 e. The first-order chi connectivity index (χ1) is 48.1. The van der Waals surface area contributed by atoms with Gasteiger partial charge in [0.2, 0.25) is 0 Å².